The molecular formula is C6H13ClOS2. The van der Waals surface area contributed by atoms with Crippen molar-refractivity contribution in [2.45, 2.75) is 6.10 Å². The Hall–Kier alpha value is 0.950. The third kappa shape index (κ3) is 7.06. The topological polar surface area (TPSA) is 20.2 Å². The number of hydrogen-bond donors (Lipinski definition) is 1. The van der Waals surface area contributed by atoms with Crippen LogP contribution in [0.25, 0.3) is 0 Å². The fourth-order valence-corrected chi connectivity index (χ4v) is 2.34. The Morgan fingerprint density at radius 3 is 2.70 bits per heavy atom. The van der Waals surface area contributed by atoms with E-state index in [0.717, 1.165) is 17.3 Å². The Bertz CT molecular complexity index is 72.8. The van der Waals surface area contributed by atoms with Gasteiger partial charge in [-0.05, 0) is 6.26 Å². The molecule has 0 amide bonds. The highest BCUT2D eigenvalue weighted by Gasteiger charge is 1.99. The van der Waals surface area contributed by atoms with Crippen molar-refractivity contribution in [3.8, 4) is 0 Å². The summed E-state index contributed by atoms with van der Waals surface area (Å²) in [5.41, 5.74) is 0. The second-order valence-electron chi connectivity index (χ2n) is 1.88. The quantitative estimate of drug-likeness (QED) is 0.521. The maximum Gasteiger partial charge on any atom is 0.0765 e. The number of aliphatic hydroxyl groups excluding tert-OH is 1. The first kappa shape index (κ1) is 11.0. The van der Waals surface area contributed by atoms with E-state index < -0.39 is 0 Å². The first-order chi connectivity index (χ1) is 4.81. The molecule has 10 heavy (non-hydrogen) atoms. The summed E-state index contributed by atoms with van der Waals surface area (Å²) in [6.45, 7) is 0. The van der Waals surface area contributed by atoms with E-state index in [1.54, 1.807) is 11.8 Å². The largest absolute Gasteiger partial charge is 0.391 e. The molecule has 1 N–H and O–H groups in total. The summed E-state index contributed by atoms with van der Waals surface area (Å²) in [5, 5.41) is 9.00. The number of thioether (sulfide) groups is 2. The Morgan fingerprint density at radius 1 is 1.50 bits per heavy atom. The molecule has 0 rings (SSSR count). The molecule has 0 saturated heterocycles. The second-order valence-corrected chi connectivity index (χ2v) is 4.32. The lowest BCUT2D eigenvalue weighted by molar-refractivity contribution is 0.224. The highest BCUT2D eigenvalue weighted by atomic mass is 35.5. The van der Waals surface area contributed by atoms with E-state index in [4.69, 9.17) is 16.7 Å². The van der Waals surface area contributed by atoms with Gasteiger partial charge in [-0.15, -0.1) is 11.6 Å². The van der Waals surface area contributed by atoms with E-state index in [1.165, 1.54) is 0 Å². The first-order valence-corrected chi connectivity index (χ1v) is 6.20. The van der Waals surface area contributed by atoms with E-state index >= 15 is 0 Å². The van der Waals surface area contributed by atoms with Crippen LogP contribution in [-0.2, 0) is 0 Å². The van der Waals surface area contributed by atoms with Crippen molar-refractivity contribution in [3.05, 3.63) is 0 Å². The van der Waals surface area contributed by atoms with Crippen LogP contribution in [0.2, 0.25) is 0 Å². The molecule has 1 unspecified atom stereocenters. The number of halogens is 1. The summed E-state index contributed by atoms with van der Waals surface area (Å²) in [7, 11) is 0. The minimum absolute atomic E-state index is 0.325. The van der Waals surface area contributed by atoms with Crippen LogP contribution in [-0.4, -0.2) is 40.6 Å². The van der Waals surface area contributed by atoms with Gasteiger partial charge < -0.3 is 5.11 Å². The van der Waals surface area contributed by atoms with Crippen LogP contribution in [0, 0.1) is 0 Å². The van der Waals surface area contributed by atoms with Crippen LogP contribution in [0.5, 0.6) is 0 Å². The molecule has 0 aromatic heterocycles. The van der Waals surface area contributed by atoms with Gasteiger partial charge in [-0.2, -0.15) is 23.5 Å². The maximum absolute atomic E-state index is 9.00. The van der Waals surface area contributed by atoms with Gasteiger partial charge in [-0.3, -0.25) is 0 Å². The fourth-order valence-electron chi connectivity index (χ4n) is 0.406. The van der Waals surface area contributed by atoms with Gasteiger partial charge in [0.05, 0.1) is 6.10 Å². The molecule has 0 fully saturated rings. The molecule has 0 spiro atoms. The van der Waals surface area contributed by atoms with Crippen LogP contribution in [0.15, 0.2) is 0 Å². The molecule has 4 heteroatoms. The molecule has 0 aliphatic carbocycles. The Kier molecular flexibility index (Phi) is 8.82. The predicted molar refractivity (Wildman–Crippen MR) is 52.4 cm³/mol. The SMILES string of the molecule is CSCCSCC(O)CCl. The zero-order valence-corrected chi connectivity index (χ0v) is 8.44. The summed E-state index contributed by atoms with van der Waals surface area (Å²) < 4.78 is 0. The van der Waals surface area contributed by atoms with Gasteiger partial charge in [-0.1, -0.05) is 0 Å². The number of aliphatic hydroxyl groups is 1. The molecule has 1 atom stereocenters. The molecule has 0 aliphatic heterocycles. The Morgan fingerprint density at radius 2 is 2.20 bits per heavy atom. The first-order valence-electron chi connectivity index (χ1n) is 3.12. The van der Waals surface area contributed by atoms with Crippen molar-refractivity contribution in [2.75, 3.05) is 29.4 Å². The molecular weight excluding hydrogens is 188 g/mol. The smallest absolute Gasteiger partial charge is 0.0765 e. The van der Waals surface area contributed by atoms with E-state index in [2.05, 4.69) is 6.26 Å². The maximum atomic E-state index is 9.00. The van der Waals surface area contributed by atoms with Crippen molar-refractivity contribution in [3.63, 3.8) is 0 Å². The van der Waals surface area contributed by atoms with Gasteiger partial charge in [-0.25, -0.2) is 0 Å². The van der Waals surface area contributed by atoms with Crippen LogP contribution in [0.1, 0.15) is 0 Å². The zero-order valence-electron chi connectivity index (χ0n) is 6.05. The van der Waals surface area contributed by atoms with E-state index in [0.29, 0.717) is 5.88 Å². The van der Waals surface area contributed by atoms with E-state index in [-0.39, 0.29) is 6.10 Å². The summed E-state index contributed by atoms with van der Waals surface area (Å²) in [5.74, 6) is 3.38. The lowest BCUT2D eigenvalue weighted by atomic mass is 10.5. The summed E-state index contributed by atoms with van der Waals surface area (Å²) in [6, 6.07) is 0. The van der Waals surface area contributed by atoms with Crippen molar-refractivity contribution in [2.24, 2.45) is 0 Å². The Balaban J connectivity index is 2.89. The average molecular weight is 201 g/mol. The van der Waals surface area contributed by atoms with Gasteiger partial charge in [0.15, 0.2) is 0 Å². The minimum Gasteiger partial charge on any atom is -0.391 e. The third-order valence-corrected chi connectivity index (χ3v) is 3.26. The highest BCUT2D eigenvalue weighted by molar-refractivity contribution is 8.02. The van der Waals surface area contributed by atoms with E-state index in [1.807, 2.05) is 11.8 Å². The van der Waals surface area contributed by atoms with Crippen LogP contribution in [0.3, 0.4) is 0 Å². The highest BCUT2D eigenvalue weighted by Crippen LogP contribution is 2.06. The lowest BCUT2D eigenvalue weighted by Crippen LogP contribution is -2.11. The van der Waals surface area contributed by atoms with Gasteiger partial charge in [0.25, 0.3) is 0 Å². The molecule has 62 valence electrons. The number of rotatable bonds is 6. The van der Waals surface area contributed by atoms with Crippen LogP contribution < -0.4 is 0 Å². The predicted octanol–water partition coefficient (Wildman–Crippen LogP) is 1.68. The standard InChI is InChI=1S/C6H13ClOS2/c1-9-2-3-10-5-6(8)4-7/h6,8H,2-5H2,1H3. The fraction of sp³-hybridized carbons (Fsp3) is 1.00. The molecule has 0 aliphatic rings. The molecule has 0 heterocycles. The average Bonchev–Trinajstić information content (AvgIpc) is 1.98. The molecule has 0 radical (unpaired) electrons. The summed E-state index contributed by atoms with van der Waals surface area (Å²) in [6.07, 6.45) is 1.76. The van der Waals surface area contributed by atoms with Gasteiger partial charge in [0, 0.05) is 23.1 Å². The van der Waals surface area contributed by atoms with Crippen molar-refractivity contribution >= 4 is 35.1 Å². The number of hydrogen-bond acceptors (Lipinski definition) is 3. The minimum atomic E-state index is -0.325. The molecule has 0 bridgehead atoms. The van der Waals surface area contributed by atoms with E-state index in [9.17, 15) is 0 Å². The van der Waals surface area contributed by atoms with Crippen LogP contribution in [0.4, 0.5) is 0 Å². The molecule has 0 saturated carbocycles. The van der Waals surface area contributed by atoms with Crippen molar-refractivity contribution in [1.82, 2.24) is 0 Å². The van der Waals surface area contributed by atoms with Crippen molar-refractivity contribution in [1.29, 1.82) is 0 Å². The molecule has 1 nitrogen and oxygen atoms in total. The summed E-state index contributed by atoms with van der Waals surface area (Å²) >= 11 is 8.98. The molecule has 0 aromatic carbocycles. The van der Waals surface area contributed by atoms with Gasteiger partial charge >= 0.3 is 0 Å². The number of alkyl halides is 1. The second kappa shape index (κ2) is 8.05. The normalized spacial score (nSPS) is 13.5. The van der Waals surface area contributed by atoms with Crippen LogP contribution >= 0.6 is 35.1 Å². The lowest BCUT2D eigenvalue weighted by Gasteiger charge is -2.04. The van der Waals surface area contributed by atoms with Gasteiger partial charge in [0.1, 0.15) is 0 Å². The van der Waals surface area contributed by atoms with Gasteiger partial charge in [0.2, 0.25) is 0 Å². The Labute approximate surface area is 75.9 Å². The zero-order chi connectivity index (χ0) is 7.82. The monoisotopic (exact) mass is 200 g/mol. The summed E-state index contributed by atoms with van der Waals surface area (Å²) in [4.78, 5) is 0. The van der Waals surface area contributed by atoms with Crippen molar-refractivity contribution < 1.29 is 5.11 Å². The molecule has 0 aromatic rings. The third-order valence-electron chi connectivity index (χ3n) is 0.920.